The Balaban J connectivity index is 2.34. The summed E-state index contributed by atoms with van der Waals surface area (Å²) >= 11 is 2.22. The van der Waals surface area contributed by atoms with Crippen LogP contribution in [0, 0.1) is 3.57 Å². The summed E-state index contributed by atoms with van der Waals surface area (Å²) in [6.07, 6.45) is 3.64. The van der Waals surface area contributed by atoms with Gasteiger partial charge < -0.3 is 4.74 Å². The number of esters is 1. The van der Waals surface area contributed by atoms with Crippen molar-refractivity contribution in [3.63, 3.8) is 0 Å². The predicted molar refractivity (Wildman–Crippen MR) is 68.9 cm³/mol. The highest BCUT2D eigenvalue weighted by Crippen LogP contribution is 2.14. The molecule has 2 nitrogen and oxygen atoms in total. The monoisotopic (exact) mass is 318 g/mol. The molecule has 3 heteroatoms. The molecule has 82 valence electrons. The summed E-state index contributed by atoms with van der Waals surface area (Å²) in [5.74, 6) is 0.501. The molecule has 0 saturated carbocycles. The smallest absolute Gasteiger partial charge is 0.311 e. The molecule has 0 amide bonds. The van der Waals surface area contributed by atoms with E-state index in [-0.39, 0.29) is 5.97 Å². The molecule has 1 aromatic rings. The van der Waals surface area contributed by atoms with Crippen LogP contribution in [0.3, 0.4) is 0 Å². The van der Waals surface area contributed by atoms with Gasteiger partial charge in [0.1, 0.15) is 5.75 Å². The van der Waals surface area contributed by atoms with Crippen LogP contribution >= 0.6 is 22.6 Å². The van der Waals surface area contributed by atoms with E-state index in [2.05, 4.69) is 29.5 Å². The third-order valence-electron chi connectivity index (χ3n) is 2.03. The molecule has 0 aliphatic heterocycles. The van der Waals surface area contributed by atoms with Gasteiger partial charge in [-0.1, -0.05) is 19.8 Å². The molecule has 1 rings (SSSR count). The van der Waals surface area contributed by atoms with Crippen molar-refractivity contribution in [1.82, 2.24) is 0 Å². The molecule has 0 aliphatic carbocycles. The van der Waals surface area contributed by atoms with Crippen LogP contribution in [0.5, 0.6) is 5.75 Å². The van der Waals surface area contributed by atoms with Crippen molar-refractivity contribution >= 4 is 28.6 Å². The Labute approximate surface area is 104 Å². The van der Waals surface area contributed by atoms with Crippen LogP contribution in [-0.4, -0.2) is 5.97 Å². The first-order chi connectivity index (χ1) is 7.22. The van der Waals surface area contributed by atoms with Crippen molar-refractivity contribution in [2.45, 2.75) is 32.6 Å². The molecule has 0 bridgehead atoms. The van der Waals surface area contributed by atoms with Gasteiger partial charge in [-0.25, -0.2) is 0 Å². The molecule has 1 aromatic carbocycles. The van der Waals surface area contributed by atoms with Crippen molar-refractivity contribution in [2.24, 2.45) is 0 Å². The van der Waals surface area contributed by atoms with Gasteiger partial charge in [0.2, 0.25) is 0 Å². The summed E-state index contributed by atoms with van der Waals surface area (Å²) < 4.78 is 6.31. The number of unbranched alkanes of at least 4 members (excludes halogenated alkanes) is 2. The first-order valence-electron chi connectivity index (χ1n) is 5.18. The number of rotatable bonds is 5. The summed E-state index contributed by atoms with van der Waals surface area (Å²) in [7, 11) is 0. The Morgan fingerprint density at radius 1 is 1.27 bits per heavy atom. The second kappa shape index (κ2) is 6.82. The number of hydrogen-bond acceptors (Lipinski definition) is 2. The number of benzene rings is 1. The summed E-state index contributed by atoms with van der Waals surface area (Å²) in [5, 5.41) is 0. The summed E-state index contributed by atoms with van der Waals surface area (Å²) in [5.41, 5.74) is 0. The van der Waals surface area contributed by atoms with E-state index < -0.39 is 0 Å². The van der Waals surface area contributed by atoms with Crippen molar-refractivity contribution in [1.29, 1.82) is 0 Å². The van der Waals surface area contributed by atoms with Crippen LogP contribution in [0.15, 0.2) is 24.3 Å². The van der Waals surface area contributed by atoms with Crippen LogP contribution in [0.2, 0.25) is 0 Å². The van der Waals surface area contributed by atoms with E-state index in [1.807, 2.05) is 24.3 Å². The molecule has 0 radical (unpaired) electrons. The molecular formula is C12H15IO2. The van der Waals surface area contributed by atoms with Gasteiger partial charge in [-0.2, -0.15) is 0 Å². The van der Waals surface area contributed by atoms with Gasteiger partial charge in [0.05, 0.1) is 0 Å². The van der Waals surface area contributed by atoms with Crippen molar-refractivity contribution < 1.29 is 9.53 Å². The van der Waals surface area contributed by atoms with Crippen molar-refractivity contribution in [2.75, 3.05) is 0 Å². The Bertz CT molecular complexity index is 306. The van der Waals surface area contributed by atoms with Gasteiger partial charge in [-0.15, -0.1) is 0 Å². The molecule has 0 aliphatic rings. The topological polar surface area (TPSA) is 26.3 Å². The maximum Gasteiger partial charge on any atom is 0.311 e. The molecule has 0 N–H and O–H groups in total. The van der Waals surface area contributed by atoms with E-state index in [1.54, 1.807) is 0 Å². The molecular weight excluding hydrogens is 303 g/mol. The van der Waals surface area contributed by atoms with E-state index in [1.165, 1.54) is 0 Å². The van der Waals surface area contributed by atoms with E-state index in [0.717, 1.165) is 22.8 Å². The van der Waals surface area contributed by atoms with Crippen LogP contribution in [0.1, 0.15) is 32.6 Å². The first kappa shape index (κ1) is 12.5. The average molecular weight is 318 g/mol. The SMILES string of the molecule is CCCCCC(=O)Oc1ccc(I)cc1. The maximum absolute atomic E-state index is 11.3. The van der Waals surface area contributed by atoms with E-state index in [9.17, 15) is 4.79 Å². The van der Waals surface area contributed by atoms with Gasteiger partial charge in [-0.3, -0.25) is 4.79 Å². The van der Waals surface area contributed by atoms with Crippen LogP contribution in [-0.2, 0) is 4.79 Å². The molecule has 0 aromatic heterocycles. The standard InChI is InChI=1S/C12H15IO2/c1-2-3-4-5-12(14)15-11-8-6-10(13)7-9-11/h6-9H,2-5H2,1H3. The maximum atomic E-state index is 11.3. The number of ether oxygens (including phenoxy) is 1. The summed E-state index contributed by atoms with van der Waals surface area (Å²) in [6, 6.07) is 7.49. The lowest BCUT2D eigenvalue weighted by Gasteiger charge is -2.03. The minimum atomic E-state index is -0.135. The molecule has 0 fully saturated rings. The van der Waals surface area contributed by atoms with Gasteiger partial charge in [0.25, 0.3) is 0 Å². The fourth-order valence-corrected chi connectivity index (χ4v) is 1.56. The second-order valence-corrected chi connectivity index (χ2v) is 4.63. The van der Waals surface area contributed by atoms with Crippen LogP contribution < -0.4 is 4.74 Å². The Kier molecular flexibility index (Phi) is 5.68. The Morgan fingerprint density at radius 2 is 1.93 bits per heavy atom. The zero-order valence-corrected chi connectivity index (χ0v) is 11.0. The van der Waals surface area contributed by atoms with Crippen molar-refractivity contribution in [3.05, 3.63) is 27.8 Å². The zero-order chi connectivity index (χ0) is 11.1. The molecule has 15 heavy (non-hydrogen) atoms. The van der Waals surface area contributed by atoms with Gasteiger partial charge in [0.15, 0.2) is 0 Å². The highest BCUT2D eigenvalue weighted by molar-refractivity contribution is 14.1. The number of carbonyl (C=O) groups excluding carboxylic acids is 1. The Morgan fingerprint density at radius 3 is 2.53 bits per heavy atom. The fourth-order valence-electron chi connectivity index (χ4n) is 1.20. The lowest BCUT2D eigenvalue weighted by atomic mass is 10.2. The normalized spacial score (nSPS) is 10.0. The zero-order valence-electron chi connectivity index (χ0n) is 8.83. The number of carbonyl (C=O) groups is 1. The molecule has 0 heterocycles. The minimum Gasteiger partial charge on any atom is -0.427 e. The quantitative estimate of drug-likeness (QED) is 0.357. The average Bonchev–Trinajstić information content (AvgIpc) is 2.22. The largest absolute Gasteiger partial charge is 0.427 e. The lowest BCUT2D eigenvalue weighted by Crippen LogP contribution is -2.07. The lowest BCUT2D eigenvalue weighted by molar-refractivity contribution is -0.134. The number of halogens is 1. The molecule has 0 atom stereocenters. The van der Waals surface area contributed by atoms with Crippen molar-refractivity contribution in [3.8, 4) is 5.75 Å². The van der Waals surface area contributed by atoms with Gasteiger partial charge in [-0.05, 0) is 53.3 Å². The predicted octanol–water partition coefficient (Wildman–Crippen LogP) is 3.78. The van der Waals surface area contributed by atoms with E-state index in [0.29, 0.717) is 12.2 Å². The molecule has 0 saturated heterocycles. The third kappa shape index (κ3) is 5.16. The van der Waals surface area contributed by atoms with Gasteiger partial charge >= 0.3 is 5.97 Å². The molecule has 0 spiro atoms. The Hall–Kier alpha value is -0.580. The third-order valence-corrected chi connectivity index (χ3v) is 2.75. The van der Waals surface area contributed by atoms with E-state index in [4.69, 9.17) is 4.74 Å². The first-order valence-corrected chi connectivity index (χ1v) is 6.26. The van der Waals surface area contributed by atoms with E-state index >= 15 is 0 Å². The number of hydrogen-bond donors (Lipinski definition) is 0. The summed E-state index contributed by atoms with van der Waals surface area (Å²) in [6.45, 7) is 2.12. The second-order valence-electron chi connectivity index (χ2n) is 3.39. The van der Waals surface area contributed by atoms with Crippen LogP contribution in [0.4, 0.5) is 0 Å². The highest BCUT2D eigenvalue weighted by atomic mass is 127. The van der Waals surface area contributed by atoms with Crippen LogP contribution in [0.25, 0.3) is 0 Å². The summed E-state index contributed by atoms with van der Waals surface area (Å²) in [4.78, 5) is 11.3. The minimum absolute atomic E-state index is 0.135. The fraction of sp³-hybridized carbons (Fsp3) is 0.417. The molecule has 0 unspecified atom stereocenters. The van der Waals surface area contributed by atoms with Gasteiger partial charge in [0, 0.05) is 9.99 Å². The highest BCUT2D eigenvalue weighted by Gasteiger charge is 2.03.